The van der Waals surface area contributed by atoms with Crippen molar-refractivity contribution < 1.29 is 34.9 Å². The lowest BCUT2D eigenvalue weighted by Gasteiger charge is -2.02. The molecule has 0 atom stereocenters. The highest BCUT2D eigenvalue weighted by Gasteiger charge is 2.04. The van der Waals surface area contributed by atoms with Crippen LogP contribution in [0.1, 0.15) is 11.1 Å². The molecule has 0 fully saturated rings. The van der Waals surface area contributed by atoms with Gasteiger partial charge in [0.15, 0.2) is 0 Å². The van der Waals surface area contributed by atoms with Gasteiger partial charge in [0.1, 0.15) is 11.6 Å². The maximum Gasteiger partial charge on any atom is 0.264 e. The van der Waals surface area contributed by atoms with E-state index >= 15 is 0 Å². The molecule has 13 heteroatoms. The summed E-state index contributed by atoms with van der Waals surface area (Å²) in [4.78, 5) is 0. The Kier molecular flexibility index (Phi) is 13.7. The van der Waals surface area contributed by atoms with Crippen molar-refractivity contribution in [2.24, 2.45) is 0 Å². The summed E-state index contributed by atoms with van der Waals surface area (Å²) in [5.74, 6) is -0.919. The molecule has 0 heterocycles. The van der Waals surface area contributed by atoms with E-state index in [0.29, 0.717) is 12.8 Å². The summed E-state index contributed by atoms with van der Waals surface area (Å²) < 4.78 is 69.9. The Bertz CT molecular complexity index is 1040. The standard InChI is InChI=1S/C9H10ClFO3S.C8H8ClFO.CH3ClO2S/c1-15(12,13)14-5-4-7-2-3-9(11)8(10)6-7;9-7-5-6(3-4-11)1-2-8(7)10;1-5(2,3)4/h2-3,6H,4-5H2,1H3;1-2,5,11H,3-4H2;1H3. The number of aliphatic hydroxyl groups excluding tert-OH is 1. The fraction of sp³-hybridized carbons (Fsp3) is 0.333. The number of benzene rings is 2. The summed E-state index contributed by atoms with van der Waals surface area (Å²) >= 11 is 11.0. The molecule has 0 bridgehead atoms. The molecular formula is C18H21Cl3F2O6S2. The van der Waals surface area contributed by atoms with Crippen molar-refractivity contribution in [3.8, 4) is 0 Å². The van der Waals surface area contributed by atoms with Gasteiger partial charge in [0.25, 0.3) is 10.1 Å². The minimum atomic E-state index is -3.42. The molecule has 0 unspecified atom stereocenters. The minimum Gasteiger partial charge on any atom is -0.396 e. The quantitative estimate of drug-likeness (QED) is 0.435. The van der Waals surface area contributed by atoms with E-state index in [1.54, 1.807) is 6.07 Å². The van der Waals surface area contributed by atoms with Crippen molar-refractivity contribution in [2.75, 3.05) is 25.7 Å². The highest BCUT2D eigenvalue weighted by atomic mass is 35.7. The fourth-order valence-corrected chi connectivity index (χ4v) is 2.62. The van der Waals surface area contributed by atoms with Crippen LogP contribution >= 0.6 is 33.9 Å². The van der Waals surface area contributed by atoms with E-state index in [9.17, 15) is 25.6 Å². The second kappa shape index (κ2) is 14.2. The molecule has 2 aromatic carbocycles. The SMILES string of the molecule is CS(=O)(=O)Cl.CS(=O)(=O)OCCc1ccc(F)c(Cl)c1.OCCc1ccc(F)c(Cl)c1. The van der Waals surface area contributed by atoms with Crippen LogP contribution in [0.25, 0.3) is 0 Å². The molecule has 2 rings (SSSR count). The van der Waals surface area contributed by atoms with Gasteiger partial charge in [-0.2, -0.15) is 8.42 Å². The molecule has 0 saturated carbocycles. The maximum atomic E-state index is 12.8. The summed E-state index contributed by atoms with van der Waals surface area (Å²) in [6.07, 6.45) is 2.78. The Hall–Kier alpha value is -1.01. The van der Waals surface area contributed by atoms with Crippen molar-refractivity contribution in [1.29, 1.82) is 0 Å². The van der Waals surface area contributed by atoms with Gasteiger partial charge in [-0.05, 0) is 48.2 Å². The van der Waals surface area contributed by atoms with Crippen LogP contribution in [-0.2, 0) is 36.2 Å². The molecule has 0 amide bonds. The van der Waals surface area contributed by atoms with Crippen LogP contribution in [0.5, 0.6) is 0 Å². The Labute approximate surface area is 195 Å². The van der Waals surface area contributed by atoms with Gasteiger partial charge in [-0.25, -0.2) is 17.2 Å². The summed E-state index contributed by atoms with van der Waals surface area (Å²) in [5, 5.41) is 8.67. The van der Waals surface area contributed by atoms with Crippen LogP contribution in [0.2, 0.25) is 10.0 Å². The lowest BCUT2D eigenvalue weighted by atomic mass is 10.2. The topological polar surface area (TPSA) is 97.7 Å². The highest BCUT2D eigenvalue weighted by molar-refractivity contribution is 8.13. The molecule has 0 saturated heterocycles. The van der Waals surface area contributed by atoms with Gasteiger partial charge >= 0.3 is 0 Å². The smallest absolute Gasteiger partial charge is 0.264 e. The third-order valence-corrected chi connectivity index (χ3v) is 4.23. The number of hydrogen-bond donors (Lipinski definition) is 1. The lowest BCUT2D eigenvalue weighted by Crippen LogP contribution is -2.06. The number of halogens is 5. The van der Waals surface area contributed by atoms with Gasteiger partial charge in [0.05, 0.1) is 29.2 Å². The third kappa shape index (κ3) is 17.2. The fourth-order valence-electron chi connectivity index (χ4n) is 1.83. The van der Waals surface area contributed by atoms with Crippen molar-refractivity contribution in [1.82, 2.24) is 0 Å². The van der Waals surface area contributed by atoms with E-state index in [1.807, 2.05) is 0 Å². The van der Waals surface area contributed by atoms with Gasteiger partial charge in [-0.3, -0.25) is 4.18 Å². The van der Waals surface area contributed by atoms with Crippen LogP contribution in [-0.4, -0.2) is 47.7 Å². The van der Waals surface area contributed by atoms with Gasteiger partial charge in [0.2, 0.25) is 9.05 Å². The zero-order valence-electron chi connectivity index (χ0n) is 16.5. The van der Waals surface area contributed by atoms with E-state index in [1.165, 1.54) is 30.3 Å². The van der Waals surface area contributed by atoms with Crippen LogP contribution in [0.4, 0.5) is 8.78 Å². The summed E-state index contributed by atoms with van der Waals surface area (Å²) in [6.45, 7) is 0.0861. The predicted octanol–water partition coefficient (Wildman–Crippen LogP) is 4.20. The Morgan fingerprint density at radius 1 is 0.871 bits per heavy atom. The molecule has 0 aliphatic rings. The third-order valence-electron chi connectivity index (χ3n) is 3.06. The Balaban J connectivity index is 0.000000492. The van der Waals surface area contributed by atoms with Crippen molar-refractivity contribution in [3.05, 3.63) is 69.2 Å². The van der Waals surface area contributed by atoms with Crippen molar-refractivity contribution in [3.63, 3.8) is 0 Å². The maximum absolute atomic E-state index is 12.8. The number of rotatable bonds is 6. The zero-order valence-corrected chi connectivity index (χ0v) is 20.4. The van der Waals surface area contributed by atoms with Crippen LogP contribution < -0.4 is 0 Å². The van der Waals surface area contributed by atoms with E-state index in [2.05, 4.69) is 14.9 Å². The molecule has 0 aromatic heterocycles. The molecule has 2 aromatic rings. The first-order valence-corrected chi connectivity index (χ1v) is 13.6. The Morgan fingerprint density at radius 3 is 1.58 bits per heavy atom. The molecule has 0 aliphatic carbocycles. The zero-order chi connectivity index (χ0) is 24.2. The summed E-state index contributed by atoms with van der Waals surface area (Å²) in [6, 6.07) is 8.64. The first-order chi connectivity index (χ1) is 14.1. The van der Waals surface area contributed by atoms with Crippen molar-refractivity contribution >= 4 is 53.1 Å². The van der Waals surface area contributed by atoms with E-state index in [4.69, 9.17) is 28.3 Å². The number of hydrogen-bond acceptors (Lipinski definition) is 6. The summed E-state index contributed by atoms with van der Waals surface area (Å²) in [5.41, 5.74) is 1.57. The first-order valence-electron chi connectivity index (χ1n) is 8.35. The van der Waals surface area contributed by atoms with E-state index in [0.717, 1.165) is 23.6 Å². The largest absolute Gasteiger partial charge is 0.396 e. The lowest BCUT2D eigenvalue weighted by molar-refractivity contribution is 0.299. The normalized spacial score (nSPS) is 11.1. The highest BCUT2D eigenvalue weighted by Crippen LogP contribution is 2.17. The second-order valence-electron chi connectivity index (χ2n) is 5.93. The monoisotopic (exact) mass is 540 g/mol. The molecule has 6 nitrogen and oxygen atoms in total. The van der Waals surface area contributed by atoms with E-state index < -0.39 is 30.8 Å². The molecule has 0 spiro atoms. The van der Waals surface area contributed by atoms with Crippen LogP contribution in [0.3, 0.4) is 0 Å². The molecule has 31 heavy (non-hydrogen) atoms. The number of aliphatic hydroxyl groups is 1. The van der Waals surface area contributed by atoms with Gasteiger partial charge in [0, 0.05) is 17.3 Å². The second-order valence-corrected chi connectivity index (χ2v) is 11.4. The van der Waals surface area contributed by atoms with Crippen LogP contribution in [0, 0.1) is 11.6 Å². The van der Waals surface area contributed by atoms with Gasteiger partial charge in [-0.1, -0.05) is 35.3 Å². The predicted molar refractivity (Wildman–Crippen MR) is 119 cm³/mol. The van der Waals surface area contributed by atoms with Crippen LogP contribution in [0.15, 0.2) is 36.4 Å². The molecule has 0 aliphatic heterocycles. The van der Waals surface area contributed by atoms with E-state index in [-0.39, 0.29) is 23.3 Å². The molecule has 176 valence electrons. The van der Waals surface area contributed by atoms with Crippen molar-refractivity contribution in [2.45, 2.75) is 12.8 Å². The average Bonchev–Trinajstić information content (AvgIpc) is 2.60. The van der Waals surface area contributed by atoms with Gasteiger partial charge in [-0.15, -0.1) is 0 Å². The minimum absolute atomic E-state index is 0.0202. The van der Waals surface area contributed by atoms with Gasteiger partial charge < -0.3 is 5.11 Å². The Morgan fingerprint density at radius 2 is 1.26 bits per heavy atom. The first kappa shape index (κ1) is 30.0. The molecule has 0 radical (unpaired) electrons. The molecule has 1 N–H and O–H groups in total. The molecular weight excluding hydrogens is 521 g/mol. The summed E-state index contributed by atoms with van der Waals surface area (Å²) in [7, 11) is -2.11. The average molecular weight is 542 g/mol.